The van der Waals surface area contributed by atoms with Gasteiger partial charge in [-0.05, 0) is 35.7 Å². The van der Waals surface area contributed by atoms with Crippen molar-refractivity contribution in [1.82, 2.24) is 4.98 Å². The molecule has 0 aliphatic heterocycles. The molecule has 21 heavy (non-hydrogen) atoms. The highest BCUT2D eigenvalue weighted by Crippen LogP contribution is 2.29. The summed E-state index contributed by atoms with van der Waals surface area (Å²) < 4.78 is 0. The summed E-state index contributed by atoms with van der Waals surface area (Å²) in [6.07, 6.45) is 0. The molecule has 106 valence electrons. The number of benzene rings is 1. The minimum atomic E-state index is -0.333. The zero-order valence-corrected chi connectivity index (χ0v) is 13.1. The van der Waals surface area contributed by atoms with Crippen molar-refractivity contribution in [2.45, 2.75) is 0 Å². The molecule has 0 bridgehead atoms. The highest BCUT2D eigenvalue weighted by atomic mass is 35.5. The number of nitrogens with zero attached hydrogens (tertiary/aromatic N) is 1. The first-order valence-electron chi connectivity index (χ1n) is 6.04. The number of aromatic nitrogens is 1. The zero-order chi connectivity index (χ0) is 14.7. The molecule has 2 amide bonds. The molecule has 2 heterocycles. The van der Waals surface area contributed by atoms with Crippen LogP contribution in [0.1, 0.15) is 0 Å². The molecular weight excluding hydrogens is 326 g/mol. The first kappa shape index (κ1) is 14.1. The quantitative estimate of drug-likeness (QED) is 0.693. The molecule has 3 rings (SSSR count). The van der Waals surface area contributed by atoms with Crippen LogP contribution < -0.4 is 10.6 Å². The highest BCUT2D eigenvalue weighted by molar-refractivity contribution is 7.20. The number of nitrogens with one attached hydrogen (secondary N) is 2. The third kappa shape index (κ3) is 3.60. The van der Waals surface area contributed by atoms with Crippen molar-refractivity contribution in [2.75, 3.05) is 10.6 Å². The standard InChI is InChI=1S/C14H10ClN3OS2/c15-9-3-5-10(6-4-9)16-14(19)18-12-8-21-13(17-12)11-2-1-7-20-11/h1-8H,(H2,16,18,19). The Morgan fingerprint density at radius 2 is 1.90 bits per heavy atom. The molecule has 0 aliphatic rings. The predicted molar refractivity (Wildman–Crippen MR) is 89.5 cm³/mol. The van der Waals surface area contributed by atoms with Crippen LogP contribution >= 0.6 is 34.3 Å². The molecule has 0 unspecified atom stereocenters. The highest BCUT2D eigenvalue weighted by Gasteiger charge is 2.08. The van der Waals surface area contributed by atoms with E-state index in [9.17, 15) is 4.79 Å². The molecule has 3 aromatic rings. The molecule has 7 heteroatoms. The zero-order valence-electron chi connectivity index (χ0n) is 10.7. The molecular formula is C14H10ClN3OS2. The van der Waals surface area contributed by atoms with Crippen molar-refractivity contribution in [3.63, 3.8) is 0 Å². The maximum absolute atomic E-state index is 11.9. The van der Waals surface area contributed by atoms with Gasteiger partial charge in [-0.25, -0.2) is 9.78 Å². The van der Waals surface area contributed by atoms with Crippen LogP contribution in [0.3, 0.4) is 0 Å². The Balaban J connectivity index is 1.64. The Kier molecular flexibility index (Phi) is 4.19. The van der Waals surface area contributed by atoms with Crippen LogP contribution in [0, 0.1) is 0 Å². The van der Waals surface area contributed by atoms with E-state index >= 15 is 0 Å². The van der Waals surface area contributed by atoms with Gasteiger partial charge < -0.3 is 5.32 Å². The molecule has 0 aliphatic carbocycles. The number of carbonyl (C=O) groups is 1. The lowest BCUT2D eigenvalue weighted by molar-refractivity contribution is 0.262. The molecule has 0 saturated heterocycles. The summed E-state index contributed by atoms with van der Waals surface area (Å²) in [5, 5.41) is 10.8. The third-order valence-corrected chi connectivity index (χ3v) is 4.71. The number of thiazole rings is 1. The van der Waals surface area contributed by atoms with Crippen LogP contribution in [0.15, 0.2) is 47.2 Å². The van der Waals surface area contributed by atoms with Crippen molar-refractivity contribution in [2.24, 2.45) is 0 Å². The van der Waals surface area contributed by atoms with E-state index in [1.807, 2.05) is 22.9 Å². The molecule has 0 radical (unpaired) electrons. The summed E-state index contributed by atoms with van der Waals surface area (Å²) in [7, 11) is 0. The van der Waals surface area contributed by atoms with Crippen LogP contribution in [-0.4, -0.2) is 11.0 Å². The fraction of sp³-hybridized carbons (Fsp3) is 0. The topological polar surface area (TPSA) is 54.0 Å². The van der Waals surface area contributed by atoms with Crippen LogP contribution in [0.5, 0.6) is 0 Å². The molecule has 4 nitrogen and oxygen atoms in total. The molecule has 2 aromatic heterocycles. The van der Waals surface area contributed by atoms with Crippen molar-refractivity contribution in [3.05, 3.63) is 52.2 Å². The summed E-state index contributed by atoms with van der Waals surface area (Å²) in [6.45, 7) is 0. The molecule has 0 atom stereocenters. The van der Waals surface area contributed by atoms with Gasteiger partial charge in [0, 0.05) is 16.1 Å². The molecule has 0 fully saturated rings. The number of thiophene rings is 1. The van der Waals surface area contributed by atoms with E-state index in [2.05, 4.69) is 15.6 Å². The number of anilines is 2. The molecule has 0 saturated carbocycles. The van der Waals surface area contributed by atoms with Crippen LogP contribution in [-0.2, 0) is 0 Å². The molecule has 1 aromatic carbocycles. The van der Waals surface area contributed by atoms with E-state index in [-0.39, 0.29) is 6.03 Å². The smallest absolute Gasteiger partial charge is 0.308 e. The fourth-order valence-corrected chi connectivity index (χ4v) is 3.35. The monoisotopic (exact) mass is 335 g/mol. The Labute approximate surface area is 134 Å². The minimum Gasteiger partial charge on any atom is -0.308 e. The normalized spacial score (nSPS) is 10.3. The average Bonchev–Trinajstić information content (AvgIpc) is 3.12. The number of hydrogen-bond acceptors (Lipinski definition) is 4. The number of carbonyl (C=O) groups excluding carboxylic acids is 1. The van der Waals surface area contributed by atoms with Gasteiger partial charge in [0.25, 0.3) is 0 Å². The lowest BCUT2D eigenvalue weighted by Crippen LogP contribution is -2.19. The Hall–Kier alpha value is -1.89. The van der Waals surface area contributed by atoms with Crippen LogP contribution in [0.25, 0.3) is 9.88 Å². The number of amides is 2. The second-order valence-electron chi connectivity index (χ2n) is 4.10. The summed E-state index contributed by atoms with van der Waals surface area (Å²) in [4.78, 5) is 17.3. The summed E-state index contributed by atoms with van der Waals surface area (Å²) >= 11 is 8.91. The second-order valence-corrected chi connectivity index (χ2v) is 6.34. The van der Waals surface area contributed by atoms with E-state index in [1.165, 1.54) is 11.3 Å². The Morgan fingerprint density at radius 1 is 1.10 bits per heavy atom. The van der Waals surface area contributed by atoms with E-state index in [4.69, 9.17) is 11.6 Å². The van der Waals surface area contributed by atoms with Crippen molar-refractivity contribution in [1.29, 1.82) is 0 Å². The number of halogens is 1. The van der Waals surface area contributed by atoms with E-state index in [0.29, 0.717) is 16.5 Å². The van der Waals surface area contributed by atoms with Crippen LogP contribution in [0.4, 0.5) is 16.3 Å². The van der Waals surface area contributed by atoms with Gasteiger partial charge in [-0.3, -0.25) is 5.32 Å². The molecule has 2 N–H and O–H groups in total. The van der Waals surface area contributed by atoms with Crippen molar-refractivity contribution < 1.29 is 4.79 Å². The lowest BCUT2D eigenvalue weighted by Gasteiger charge is -2.05. The van der Waals surface area contributed by atoms with Crippen molar-refractivity contribution in [3.8, 4) is 9.88 Å². The number of urea groups is 1. The average molecular weight is 336 g/mol. The maximum Gasteiger partial charge on any atom is 0.324 e. The van der Waals surface area contributed by atoms with Crippen molar-refractivity contribution >= 4 is 51.8 Å². The number of rotatable bonds is 3. The van der Waals surface area contributed by atoms with E-state index in [0.717, 1.165) is 9.88 Å². The maximum atomic E-state index is 11.9. The summed E-state index contributed by atoms with van der Waals surface area (Å²) in [5.41, 5.74) is 0.672. The number of hydrogen-bond donors (Lipinski definition) is 2. The first-order chi connectivity index (χ1) is 10.2. The molecule has 0 spiro atoms. The Morgan fingerprint density at radius 3 is 2.62 bits per heavy atom. The van der Waals surface area contributed by atoms with Gasteiger partial charge in [0.2, 0.25) is 0 Å². The lowest BCUT2D eigenvalue weighted by atomic mass is 10.3. The predicted octanol–water partition coefficient (Wildman–Crippen LogP) is 5.17. The summed E-state index contributed by atoms with van der Waals surface area (Å²) in [6, 6.07) is 10.5. The third-order valence-electron chi connectivity index (χ3n) is 2.58. The van der Waals surface area contributed by atoms with Gasteiger partial charge in [-0.2, -0.15) is 0 Å². The van der Waals surface area contributed by atoms with Gasteiger partial charge in [0.1, 0.15) is 10.8 Å². The SMILES string of the molecule is O=C(Nc1ccc(Cl)cc1)Nc1csc(-c2cccs2)n1. The van der Waals surface area contributed by atoms with Gasteiger partial charge in [0.15, 0.2) is 0 Å². The summed E-state index contributed by atoms with van der Waals surface area (Å²) in [5.74, 6) is 0.537. The minimum absolute atomic E-state index is 0.333. The fourth-order valence-electron chi connectivity index (χ4n) is 1.66. The second kappa shape index (κ2) is 6.26. The largest absolute Gasteiger partial charge is 0.324 e. The van der Waals surface area contributed by atoms with E-state index in [1.54, 1.807) is 35.6 Å². The van der Waals surface area contributed by atoms with Crippen LogP contribution in [0.2, 0.25) is 5.02 Å². The van der Waals surface area contributed by atoms with Gasteiger partial charge in [0.05, 0.1) is 4.88 Å². The van der Waals surface area contributed by atoms with Gasteiger partial charge in [-0.15, -0.1) is 22.7 Å². The first-order valence-corrected chi connectivity index (χ1v) is 8.17. The van der Waals surface area contributed by atoms with E-state index < -0.39 is 0 Å². The van der Waals surface area contributed by atoms with Gasteiger partial charge in [-0.1, -0.05) is 17.7 Å². The van der Waals surface area contributed by atoms with Gasteiger partial charge >= 0.3 is 6.03 Å². The Bertz CT molecular complexity index is 738.